The monoisotopic (exact) mass is 220 g/mol. The number of aromatic carboxylic acids is 1. The largest absolute Gasteiger partial charge is 0.478 e. The molecule has 0 atom stereocenters. The van der Waals surface area contributed by atoms with Gasteiger partial charge >= 0.3 is 5.97 Å². The van der Waals surface area contributed by atoms with Gasteiger partial charge in [-0.2, -0.15) is 0 Å². The van der Waals surface area contributed by atoms with Gasteiger partial charge in [-0.25, -0.2) is 4.79 Å². The standard InChI is InChI=1S/C12H16N2O2/c15-12(16)10-4-5-11(14-7-10)8-13-6-9-2-1-3-9/h4-5,7,9,13H,1-3,6,8H2,(H,15,16). The zero-order valence-electron chi connectivity index (χ0n) is 9.15. The highest BCUT2D eigenvalue weighted by Crippen LogP contribution is 2.25. The first-order chi connectivity index (χ1) is 7.75. The van der Waals surface area contributed by atoms with Crippen molar-refractivity contribution in [3.8, 4) is 0 Å². The quantitative estimate of drug-likeness (QED) is 0.792. The van der Waals surface area contributed by atoms with Gasteiger partial charge in [-0.15, -0.1) is 0 Å². The minimum absolute atomic E-state index is 0.239. The summed E-state index contributed by atoms with van der Waals surface area (Å²) in [6.45, 7) is 1.76. The summed E-state index contributed by atoms with van der Waals surface area (Å²) in [6, 6.07) is 3.35. The SMILES string of the molecule is O=C(O)c1ccc(CNCC2CCC2)nc1. The van der Waals surface area contributed by atoms with Crippen molar-refractivity contribution in [2.24, 2.45) is 5.92 Å². The molecule has 2 N–H and O–H groups in total. The van der Waals surface area contributed by atoms with E-state index < -0.39 is 5.97 Å². The maximum atomic E-state index is 10.6. The number of nitrogens with one attached hydrogen (secondary N) is 1. The van der Waals surface area contributed by atoms with E-state index in [1.807, 2.05) is 0 Å². The van der Waals surface area contributed by atoms with Crippen molar-refractivity contribution in [1.82, 2.24) is 10.3 Å². The molecule has 16 heavy (non-hydrogen) atoms. The van der Waals surface area contributed by atoms with Crippen molar-refractivity contribution in [2.75, 3.05) is 6.54 Å². The number of pyridine rings is 1. The Bertz CT molecular complexity index is 358. The fraction of sp³-hybridized carbons (Fsp3) is 0.500. The molecule has 1 aliphatic carbocycles. The maximum absolute atomic E-state index is 10.6. The van der Waals surface area contributed by atoms with Crippen LogP contribution in [0.2, 0.25) is 0 Å². The number of rotatable bonds is 5. The van der Waals surface area contributed by atoms with Crippen molar-refractivity contribution in [1.29, 1.82) is 0 Å². The predicted molar refractivity (Wildman–Crippen MR) is 60.2 cm³/mol. The fourth-order valence-corrected chi connectivity index (χ4v) is 1.76. The van der Waals surface area contributed by atoms with Gasteiger partial charge in [-0.3, -0.25) is 4.98 Å². The second-order valence-electron chi connectivity index (χ2n) is 4.27. The molecule has 0 spiro atoms. The van der Waals surface area contributed by atoms with Crippen molar-refractivity contribution >= 4 is 5.97 Å². The van der Waals surface area contributed by atoms with Crippen LogP contribution in [0.3, 0.4) is 0 Å². The number of carbonyl (C=O) groups is 1. The van der Waals surface area contributed by atoms with Crippen LogP contribution in [0.15, 0.2) is 18.3 Å². The Hall–Kier alpha value is -1.42. The lowest BCUT2D eigenvalue weighted by atomic mass is 9.85. The molecule has 0 saturated heterocycles. The third-order valence-electron chi connectivity index (χ3n) is 3.04. The highest BCUT2D eigenvalue weighted by Gasteiger charge is 2.16. The van der Waals surface area contributed by atoms with E-state index in [4.69, 9.17) is 5.11 Å². The number of carboxylic acids is 1. The Balaban J connectivity index is 1.78. The Morgan fingerprint density at radius 1 is 1.50 bits per heavy atom. The van der Waals surface area contributed by atoms with Gasteiger partial charge in [0.05, 0.1) is 11.3 Å². The zero-order chi connectivity index (χ0) is 11.4. The fourth-order valence-electron chi connectivity index (χ4n) is 1.76. The van der Waals surface area contributed by atoms with E-state index in [0.717, 1.165) is 24.7 Å². The van der Waals surface area contributed by atoms with Crippen molar-refractivity contribution in [2.45, 2.75) is 25.8 Å². The molecule has 4 heteroatoms. The molecule has 1 heterocycles. The van der Waals surface area contributed by atoms with Crippen molar-refractivity contribution in [3.63, 3.8) is 0 Å². The molecule has 1 aromatic heterocycles. The second-order valence-corrected chi connectivity index (χ2v) is 4.27. The van der Waals surface area contributed by atoms with Gasteiger partial charge in [0, 0.05) is 12.7 Å². The molecule has 0 aromatic carbocycles. The summed E-state index contributed by atoms with van der Waals surface area (Å²) in [7, 11) is 0. The first-order valence-electron chi connectivity index (χ1n) is 5.64. The average molecular weight is 220 g/mol. The lowest BCUT2D eigenvalue weighted by molar-refractivity contribution is 0.0696. The third-order valence-corrected chi connectivity index (χ3v) is 3.04. The van der Waals surface area contributed by atoms with Gasteiger partial charge in [0.1, 0.15) is 0 Å². The number of carboxylic acid groups (broad SMARTS) is 1. The minimum atomic E-state index is -0.929. The third kappa shape index (κ3) is 2.79. The maximum Gasteiger partial charge on any atom is 0.337 e. The lowest BCUT2D eigenvalue weighted by Crippen LogP contribution is -2.27. The first kappa shape index (κ1) is 11.1. The van der Waals surface area contributed by atoms with Crippen LogP contribution >= 0.6 is 0 Å². The van der Waals surface area contributed by atoms with Gasteiger partial charge in [-0.1, -0.05) is 6.42 Å². The molecule has 1 fully saturated rings. The molecule has 1 aromatic rings. The molecular formula is C12H16N2O2. The van der Waals surface area contributed by atoms with Crippen LogP contribution in [0.5, 0.6) is 0 Å². The summed E-state index contributed by atoms with van der Waals surface area (Å²) < 4.78 is 0. The topological polar surface area (TPSA) is 62.2 Å². The molecule has 0 aliphatic heterocycles. The Labute approximate surface area is 94.7 Å². The highest BCUT2D eigenvalue weighted by atomic mass is 16.4. The first-order valence-corrected chi connectivity index (χ1v) is 5.64. The zero-order valence-corrected chi connectivity index (χ0v) is 9.15. The van der Waals surface area contributed by atoms with Gasteiger partial charge in [0.25, 0.3) is 0 Å². The summed E-state index contributed by atoms with van der Waals surface area (Å²) in [5.41, 5.74) is 1.13. The van der Waals surface area contributed by atoms with Crippen molar-refractivity contribution < 1.29 is 9.90 Å². The summed E-state index contributed by atoms with van der Waals surface area (Å²) in [5.74, 6) is -0.0974. The van der Waals surface area contributed by atoms with Crippen LogP contribution in [0, 0.1) is 5.92 Å². The normalized spacial score (nSPS) is 15.8. The van der Waals surface area contributed by atoms with Crippen LogP contribution in [-0.2, 0) is 6.54 Å². The van der Waals surface area contributed by atoms with E-state index >= 15 is 0 Å². The number of nitrogens with zero attached hydrogens (tertiary/aromatic N) is 1. The van der Waals surface area contributed by atoms with Crippen LogP contribution in [0.1, 0.15) is 35.3 Å². The van der Waals surface area contributed by atoms with Gasteiger partial charge in [0.2, 0.25) is 0 Å². The van der Waals surface area contributed by atoms with Gasteiger partial charge < -0.3 is 10.4 Å². The second kappa shape index (κ2) is 5.07. The number of aromatic nitrogens is 1. The Morgan fingerprint density at radius 3 is 2.81 bits per heavy atom. The summed E-state index contributed by atoms with van der Waals surface area (Å²) in [4.78, 5) is 14.7. The van der Waals surface area contributed by atoms with E-state index in [0.29, 0.717) is 0 Å². The number of hydrogen-bond donors (Lipinski definition) is 2. The smallest absolute Gasteiger partial charge is 0.337 e. The molecule has 0 bridgehead atoms. The molecule has 4 nitrogen and oxygen atoms in total. The van der Waals surface area contributed by atoms with Gasteiger partial charge in [-0.05, 0) is 37.4 Å². The summed E-state index contributed by atoms with van der Waals surface area (Å²) in [5, 5.41) is 12.1. The highest BCUT2D eigenvalue weighted by molar-refractivity contribution is 5.87. The van der Waals surface area contributed by atoms with E-state index in [-0.39, 0.29) is 5.56 Å². The molecule has 0 radical (unpaired) electrons. The van der Waals surface area contributed by atoms with Gasteiger partial charge in [0.15, 0.2) is 0 Å². The molecule has 1 aliphatic rings. The Kier molecular flexibility index (Phi) is 3.51. The van der Waals surface area contributed by atoms with Crippen LogP contribution < -0.4 is 5.32 Å². The molecule has 0 amide bonds. The molecule has 0 unspecified atom stereocenters. The van der Waals surface area contributed by atoms with E-state index in [2.05, 4.69) is 10.3 Å². The van der Waals surface area contributed by atoms with E-state index in [9.17, 15) is 4.79 Å². The summed E-state index contributed by atoms with van der Waals surface area (Å²) in [6.07, 6.45) is 5.43. The molecule has 2 rings (SSSR count). The van der Waals surface area contributed by atoms with Crippen LogP contribution in [0.4, 0.5) is 0 Å². The molecular weight excluding hydrogens is 204 g/mol. The van der Waals surface area contributed by atoms with Crippen molar-refractivity contribution in [3.05, 3.63) is 29.6 Å². The van der Waals surface area contributed by atoms with E-state index in [1.54, 1.807) is 12.1 Å². The Morgan fingerprint density at radius 2 is 2.31 bits per heavy atom. The average Bonchev–Trinajstić information content (AvgIpc) is 2.22. The van der Waals surface area contributed by atoms with Crippen LogP contribution in [-0.4, -0.2) is 22.6 Å². The molecule has 1 saturated carbocycles. The predicted octanol–water partition coefficient (Wildman–Crippen LogP) is 1.67. The number of hydrogen-bond acceptors (Lipinski definition) is 3. The van der Waals surface area contributed by atoms with Crippen LogP contribution in [0.25, 0.3) is 0 Å². The lowest BCUT2D eigenvalue weighted by Gasteiger charge is -2.25. The summed E-state index contributed by atoms with van der Waals surface area (Å²) >= 11 is 0. The molecule has 86 valence electrons. The van der Waals surface area contributed by atoms with E-state index in [1.165, 1.54) is 25.5 Å². The minimum Gasteiger partial charge on any atom is -0.478 e.